The van der Waals surface area contributed by atoms with Crippen LogP contribution >= 0.6 is 0 Å². The zero-order valence-electron chi connectivity index (χ0n) is 18.4. The Balaban J connectivity index is 1.52. The molecule has 31 heavy (non-hydrogen) atoms. The Morgan fingerprint density at radius 1 is 1.16 bits per heavy atom. The molecule has 8 heteroatoms. The molecule has 0 bridgehead atoms. The highest BCUT2D eigenvalue weighted by molar-refractivity contribution is 5.92. The number of nitrogens with zero attached hydrogens (tertiary/aromatic N) is 2. The summed E-state index contributed by atoms with van der Waals surface area (Å²) in [7, 11) is 5.08. The Morgan fingerprint density at radius 3 is 2.55 bits per heavy atom. The summed E-state index contributed by atoms with van der Waals surface area (Å²) in [6.07, 6.45) is 1.03. The molecule has 2 aromatic rings. The lowest BCUT2D eigenvalue weighted by Gasteiger charge is -2.19. The fraction of sp³-hybridized carbons (Fsp3) is 0.391. The first-order valence-electron chi connectivity index (χ1n) is 10.3. The number of rotatable bonds is 8. The number of carbonyl (C=O) groups excluding carboxylic acids is 1. The predicted octanol–water partition coefficient (Wildman–Crippen LogP) is 1.74. The fourth-order valence-electron chi connectivity index (χ4n) is 3.72. The molecule has 0 radical (unpaired) electrons. The van der Waals surface area contributed by atoms with Gasteiger partial charge in [0.2, 0.25) is 5.91 Å². The summed E-state index contributed by atoms with van der Waals surface area (Å²) >= 11 is 0. The molecule has 3 rings (SSSR count). The first-order chi connectivity index (χ1) is 15.0. The molecule has 1 atom stereocenters. The molecule has 0 aliphatic carbocycles. The SMILES string of the molecule is CN=C(NCc1cccc(C(N)=O)c1)NC1CCN(Cc2cc(OC)cc(OC)c2)C1. The number of carbonyl (C=O) groups is 1. The van der Waals surface area contributed by atoms with Crippen molar-refractivity contribution >= 4 is 11.9 Å². The molecule has 0 aromatic heterocycles. The molecule has 1 saturated heterocycles. The first-order valence-corrected chi connectivity index (χ1v) is 10.3. The lowest BCUT2D eigenvalue weighted by Crippen LogP contribution is -2.44. The van der Waals surface area contributed by atoms with Gasteiger partial charge in [-0.15, -0.1) is 0 Å². The number of nitrogens with two attached hydrogens (primary N) is 1. The van der Waals surface area contributed by atoms with E-state index in [2.05, 4.69) is 20.5 Å². The van der Waals surface area contributed by atoms with Crippen LogP contribution in [-0.2, 0) is 13.1 Å². The fourth-order valence-corrected chi connectivity index (χ4v) is 3.72. The van der Waals surface area contributed by atoms with Gasteiger partial charge in [-0.05, 0) is 41.8 Å². The molecular formula is C23H31N5O3. The van der Waals surface area contributed by atoms with E-state index >= 15 is 0 Å². The van der Waals surface area contributed by atoms with Crippen molar-refractivity contribution in [2.24, 2.45) is 10.7 Å². The number of aliphatic imine (C=N–C) groups is 1. The maximum Gasteiger partial charge on any atom is 0.248 e. The summed E-state index contributed by atoms with van der Waals surface area (Å²) in [5.41, 5.74) is 8.00. The lowest BCUT2D eigenvalue weighted by molar-refractivity contribution is 0.1000. The largest absolute Gasteiger partial charge is 0.497 e. The Hall–Kier alpha value is -3.26. The molecule has 1 amide bonds. The number of likely N-dealkylation sites (tertiary alicyclic amines) is 1. The molecule has 1 heterocycles. The van der Waals surface area contributed by atoms with E-state index in [1.54, 1.807) is 33.4 Å². The van der Waals surface area contributed by atoms with Crippen molar-refractivity contribution in [1.82, 2.24) is 15.5 Å². The van der Waals surface area contributed by atoms with E-state index in [0.29, 0.717) is 18.2 Å². The Labute approximate surface area is 183 Å². The van der Waals surface area contributed by atoms with Gasteiger partial charge in [-0.25, -0.2) is 0 Å². The maximum atomic E-state index is 11.4. The second kappa shape index (κ2) is 10.7. The standard InChI is InChI=1S/C23H31N5O3/c1-25-23(26-13-16-5-4-6-18(9-16)22(24)29)27-19-7-8-28(15-19)14-17-10-20(30-2)12-21(11-17)31-3/h4-6,9-12,19H,7-8,13-15H2,1-3H3,(H2,24,29)(H2,25,26,27). The van der Waals surface area contributed by atoms with Gasteiger partial charge in [0.15, 0.2) is 5.96 Å². The first kappa shape index (κ1) is 22.4. The zero-order valence-corrected chi connectivity index (χ0v) is 18.4. The molecule has 166 valence electrons. The zero-order chi connectivity index (χ0) is 22.2. The van der Waals surface area contributed by atoms with Crippen LogP contribution in [0.1, 0.15) is 27.9 Å². The summed E-state index contributed by atoms with van der Waals surface area (Å²) in [5.74, 6) is 1.91. The van der Waals surface area contributed by atoms with Crippen molar-refractivity contribution in [3.63, 3.8) is 0 Å². The molecule has 1 aliphatic rings. The Kier molecular flexibility index (Phi) is 7.72. The number of nitrogens with one attached hydrogen (secondary N) is 2. The van der Waals surface area contributed by atoms with Crippen LogP contribution in [0.4, 0.5) is 0 Å². The van der Waals surface area contributed by atoms with Crippen LogP contribution in [0.25, 0.3) is 0 Å². The molecule has 2 aromatic carbocycles. The molecule has 8 nitrogen and oxygen atoms in total. The van der Waals surface area contributed by atoms with Crippen LogP contribution in [0.15, 0.2) is 47.5 Å². The van der Waals surface area contributed by atoms with Gasteiger partial charge in [0.25, 0.3) is 0 Å². The Morgan fingerprint density at radius 2 is 1.90 bits per heavy atom. The summed E-state index contributed by atoms with van der Waals surface area (Å²) in [4.78, 5) is 18.1. The highest BCUT2D eigenvalue weighted by Gasteiger charge is 2.23. The van der Waals surface area contributed by atoms with Crippen LogP contribution in [-0.4, -0.2) is 57.2 Å². The van der Waals surface area contributed by atoms with E-state index in [-0.39, 0.29) is 0 Å². The van der Waals surface area contributed by atoms with Gasteiger partial charge in [0, 0.05) is 50.9 Å². The topological polar surface area (TPSA) is 101 Å². The van der Waals surface area contributed by atoms with Crippen LogP contribution in [0.2, 0.25) is 0 Å². The van der Waals surface area contributed by atoms with Gasteiger partial charge in [-0.3, -0.25) is 14.7 Å². The summed E-state index contributed by atoms with van der Waals surface area (Å²) in [6.45, 7) is 3.30. The van der Waals surface area contributed by atoms with Crippen LogP contribution in [0, 0.1) is 0 Å². The quantitative estimate of drug-likeness (QED) is 0.440. The van der Waals surface area contributed by atoms with E-state index < -0.39 is 5.91 Å². The van der Waals surface area contributed by atoms with Gasteiger partial charge in [-0.2, -0.15) is 0 Å². The number of benzene rings is 2. The summed E-state index contributed by atoms with van der Waals surface area (Å²) in [5, 5.41) is 6.80. The van der Waals surface area contributed by atoms with Crippen molar-refractivity contribution in [2.45, 2.75) is 25.6 Å². The highest BCUT2D eigenvalue weighted by Crippen LogP contribution is 2.24. The smallest absolute Gasteiger partial charge is 0.248 e. The molecule has 1 aliphatic heterocycles. The van der Waals surface area contributed by atoms with Crippen molar-refractivity contribution in [2.75, 3.05) is 34.4 Å². The number of hydrogen-bond donors (Lipinski definition) is 3. The van der Waals surface area contributed by atoms with E-state index in [1.165, 1.54) is 0 Å². The van der Waals surface area contributed by atoms with Gasteiger partial charge >= 0.3 is 0 Å². The summed E-state index contributed by atoms with van der Waals surface area (Å²) < 4.78 is 10.7. The molecule has 1 fully saturated rings. The van der Waals surface area contributed by atoms with Crippen molar-refractivity contribution < 1.29 is 14.3 Å². The van der Waals surface area contributed by atoms with Crippen molar-refractivity contribution in [3.05, 3.63) is 59.2 Å². The van der Waals surface area contributed by atoms with E-state index in [9.17, 15) is 4.79 Å². The molecule has 1 unspecified atom stereocenters. The third-order valence-electron chi connectivity index (χ3n) is 5.33. The van der Waals surface area contributed by atoms with Crippen molar-refractivity contribution in [3.8, 4) is 11.5 Å². The third kappa shape index (κ3) is 6.36. The number of guanidine groups is 1. The van der Waals surface area contributed by atoms with E-state index in [0.717, 1.165) is 54.6 Å². The van der Waals surface area contributed by atoms with E-state index in [1.807, 2.05) is 30.3 Å². The van der Waals surface area contributed by atoms with Gasteiger partial charge in [0.05, 0.1) is 14.2 Å². The molecule has 0 saturated carbocycles. The van der Waals surface area contributed by atoms with Gasteiger partial charge in [0.1, 0.15) is 11.5 Å². The molecule has 4 N–H and O–H groups in total. The minimum atomic E-state index is -0.427. The number of hydrogen-bond acceptors (Lipinski definition) is 5. The number of amides is 1. The third-order valence-corrected chi connectivity index (χ3v) is 5.33. The normalized spacial score (nSPS) is 16.7. The van der Waals surface area contributed by atoms with Gasteiger partial charge < -0.3 is 25.8 Å². The number of primary amides is 1. The average molecular weight is 426 g/mol. The van der Waals surface area contributed by atoms with Crippen LogP contribution < -0.4 is 25.8 Å². The van der Waals surface area contributed by atoms with E-state index in [4.69, 9.17) is 15.2 Å². The lowest BCUT2D eigenvalue weighted by atomic mass is 10.1. The number of methoxy groups -OCH3 is 2. The minimum absolute atomic E-state index is 0.302. The maximum absolute atomic E-state index is 11.4. The number of ether oxygens (including phenoxy) is 2. The molecule has 0 spiro atoms. The highest BCUT2D eigenvalue weighted by atomic mass is 16.5. The van der Waals surface area contributed by atoms with Gasteiger partial charge in [-0.1, -0.05) is 12.1 Å². The van der Waals surface area contributed by atoms with Crippen molar-refractivity contribution in [1.29, 1.82) is 0 Å². The summed E-state index contributed by atoms with van der Waals surface area (Å²) in [6, 6.07) is 13.6. The average Bonchev–Trinajstić information content (AvgIpc) is 3.22. The Bertz CT molecular complexity index is 909. The van der Waals surface area contributed by atoms with Crippen LogP contribution in [0.3, 0.4) is 0 Å². The molecular weight excluding hydrogens is 394 g/mol. The minimum Gasteiger partial charge on any atom is -0.497 e. The van der Waals surface area contributed by atoms with Crippen LogP contribution in [0.5, 0.6) is 11.5 Å². The second-order valence-corrected chi connectivity index (χ2v) is 7.58. The second-order valence-electron chi connectivity index (χ2n) is 7.58. The predicted molar refractivity (Wildman–Crippen MR) is 122 cm³/mol. The monoisotopic (exact) mass is 425 g/mol.